The number of benzene rings is 3. The van der Waals surface area contributed by atoms with Crippen molar-refractivity contribution in [3.05, 3.63) is 94.5 Å². The fourth-order valence-corrected chi connectivity index (χ4v) is 5.61. The lowest BCUT2D eigenvalue weighted by atomic mass is 10.1. The van der Waals surface area contributed by atoms with Crippen molar-refractivity contribution in [2.75, 3.05) is 17.4 Å². The van der Waals surface area contributed by atoms with Crippen LogP contribution in [0, 0.1) is 5.92 Å². The Morgan fingerprint density at radius 3 is 2.08 bits per heavy atom. The van der Waals surface area contributed by atoms with Gasteiger partial charge in [-0.2, -0.15) is 0 Å². The average molecular weight is 577 g/mol. The van der Waals surface area contributed by atoms with Crippen LogP contribution >= 0.6 is 23.2 Å². The molecule has 0 radical (unpaired) electrons. The predicted molar refractivity (Wildman–Crippen MR) is 152 cm³/mol. The van der Waals surface area contributed by atoms with Crippen molar-refractivity contribution in [1.29, 1.82) is 0 Å². The summed E-state index contributed by atoms with van der Waals surface area (Å²) >= 11 is 12.4. The van der Waals surface area contributed by atoms with Crippen LogP contribution in [-0.4, -0.2) is 44.3 Å². The van der Waals surface area contributed by atoms with E-state index in [1.54, 1.807) is 73.7 Å². The quantitative estimate of drug-likeness (QED) is 0.332. The van der Waals surface area contributed by atoms with E-state index in [4.69, 9.17) is 23.2 Å². The van der Waals surface area contributed by atoms with Gasteiger partial charge in [-0.1, -0.05) is 79.5 Å². The highest BCUT2D eigenvalue weighted by Crippen LogP contribution is 2.26. The van der Waals surface area contributed by atoms with E-state index < -0.39 is 28.5 Å². The average Bonchev–Trinajstić information content (AvgIpc) is 2.90. The fourth-order valence-electron chi connectivity index (χ4n) is 3.71. The zero-order chi connectivity index (χ0) is 27.9. The maximum Gasteiger partial charge on any atom is 0.264 e. The van der Waals surface area contributed by atoms with Gasteiger partial charge in [0.05, 0.1) is 10.6 Å². The number of para-hydroxylation sites is 1. The lowest BCUT2D eigenvalue weighted by Gasteiger charge is -2.32. The molecule has 0 aliphatic carbocycles. The van der Waals surface area contributed by atoms with E-state index in [-0.39, 0.29) is 23.3 Å². The Labute approximate surface area is 234 Å². The van der Waals surface area contributed by atoms with Crippen LogP contribution in [0.25, 0.3) is 0 Å². The molecule has 0 spiro atoms. The summed E-state index contributed by atoms with van der Waals surface area (Å²) in [7, 11) is -4.09. The van der Waals surface area contributed by atoms with Crippen LogP contribution < -0.4 is 9.62 Å². The monoisotopic (exact) mass is 575 g/mol. The number of amides is 2. The van der Waals surface area contributed by atoms with Gasteiger partial charge < -0.3 is 10.2 Å². The van der Waals surface area contributed by atoms with Crippen LogP contribution in [-0.2, 0) is 26.2 Å². The lowest BCUT2D eigenvalue weighted by molar-refractivity contribution is -0.139. The van der Waals surface area contributed by atoms with E-state index in [9.17, 15) is 18.0 Å². The maximum atomic E-state index is 13.8. The number of sulfonamides is 1. The van der Waals surface area contributed by atoms with Crippen LogP contribution in [0.3, 0.4) is 0 Å². The SMILES string of the molecule is CC(C)CNC(=O)[C@H](C)N(Cc1ccc(Cl)cc1Cl)C(=O)CN(c1ccccc1)S(=O)(=O)c1ccccc1. The molecule has 0 heterocycles. The van der Waals surface area contributed by atoms with E-state index in [2.05, 4.69) is 5.32 Å². The molecule has 0 unspecified atom stereocenters. The van der Waals surface area contributed by atoms with Gasteiger partial charge in [0.1, 0.15) is 12.6 Å². The maximum absolute atomic E-state index is 13.8. The van der Waals surface area contributed by atoms with Crippen LogP contribution in [0.5, 0.6) is 0 Å². The van der Waals surface area contributed by atoms with E-state index in [0.717, 1.165) is 4.31 Å². The van der Waals surface area contributed by atoms with Gasteiger partial charge in [0.15, 0.2) is 0 Å². The van der Waals surface area contributed by atoms with Gasteiger partial charge in [-0.3, -0.25) is 13.9 Å². The van der Waals surface area contributed by atoms with Crippen molar-refractivity contribution in [2.45, 2.75) is 38.3 Å². The predicted octanol–water partition coefficient (Wildman–Crippen LogP) is 5.38. The zero-order valence-corrected chi connectivity index (χ0v) is 23.8. The van der Waals surface area contributed by atoms with E-state index in [1.165, 1.54) is 17.0 Å². The molecule has 1 atom stereocenters. The largest absolute Gasteiger partial charge is 0.354 e. The number of nitrogens with zero attached hydrogens (tertiary/aromatic N) is 2. The summed E-state index contributed by atoms with van der Waals surface area (Å²) < 4.78 is 28.4. The topological polar surface area (TPSA) is 86.8 Å². The Morgan fingerprint density at radius 2 is 1.50 bits per heavy atom. The summed E-state index contributed by atoms with van der Waals surface area (Å²) in [5, 5.41) is 3.62. The third-order valence-electron chi connectivity index (χ3n) is 5.86. The van der Waals surface area contributed by atoms with E-state index >= 15 is 0 Å². The number of carbonyl (C=O) groups is 2. The van der Waals surface area contributed by atoms with Crippen LogP contribution in [0.15, 0.2) is 83.8 Å². The third kappa shape index (κ3) is 7.49. The number of carbonyl (C=O) groups excluding carboxylic acids is 2. The molecule has 0 bridgehead atoms. The standard InChI is InChI=1S/C28H31Cl2N3O4S/c1-20(2)17-31-28(35)21(3)32(18-22-14-15-23(29)16-26(22)30)27(34)19-33(24-10-6-4-7-11-24)38(36,37)25-12-8-5-9-13-25/h4-16,20-21H,17-19H2,1-3H3,(H,31,35)/t21-/m0/s1. The fraction of sp³-hybridized carbons (Fsp3) is 0.286. The summed E-state index contributed by atoms with van der Waals surface area (Å²) in [4.78, 5) is 28.2. The van der Waals surface area contributed by atoms with Gasteiger partial charge in [-0.25, -0.2) is 8.42 Å². The number of halogens is 2. The van der Waals surface area contributed by atoms with Gasteiger partial charge >= 0.3 is 0 Å². The number of rotatable bonds is 11. The Bertz CT molecular complexity index is 1350. The van der Waals surface area contributed by atoms with E-state index in [0.29, 0.717) is 27.8 Å². The van der Waals surface area contributed by atoms with Crippen molar-refractivity contribution < 1.29 is 18.0 Å². The first-order valence-corrected chi connectivity index (χ1v) is 14.3. The molecule has 7 nitrogen and oxygen atoms in total. The molecule has 202 valence electrons. The highest BCUT2D eigenvalue weighted by molar-refractivity contribution is 7.92. The number of nitrogens with one attached hydrogen (secondary N) is 1. The molecule has 2 amide bonds. The summed E-state index contributed by atoms with van der Waals surface area (Å²) in [6.07, 6.45) is 0. The molecule has 0 saturated heterocycles. The Morgan fingerprint density at radius 1 is 0.895 bits per heavy atom. The normalized spacial score (nSPS) is 12.2. The second kappa shape index (κ2) is 13.1. The smallest absolute Gasteiger partial charge is 0.264 e. The van der Waals surface area contributed by atoms with Crippen molar-refractivity contribution in [3.63, 3.8) is 0 Å². The molecule has 38 heavy (non-hydrogen) atoms. The first-order chi connectivity index (χ1) is 18.0. The molecular formula is C28H31Cl2N3O4S. The molecule has 0 aromatic heterocycles. The molecule has 10 heteroatoms. The Balaban J connectivity index is 2.00. The molecule has 1 N–H and O–H groups in total. The second-order valence-corrected chi connectivity index (χ2v) is 11.9. The summed E-state index contributed by atoms with van der Waals surface area (Å²) in [6.45, 7) is 5.44. The summed E-state index contributed by atoms with van der Waals surface area (Å²) in [5.74, 6) is -0.702. The van der Waals surface area contributed by atoms with Crippen molar-refractivity contribution in [2.24, 2.45) is 5.92 Å². The molecule has 3 aromatic rings. The Hall–Kier alpha value is -3.07. The van der Waals surface area contributed by atoms with Crippen LogP contribution in [0.1, 0.15) is 26.3 Å². The van der Waals surface area contributed by atoms with E-state index in [1.807, 2.05) is 13.8 Å². The van der Waals surface area contributed by atoms with Gasteiger partial charge in [0.2, 0.25) is 11.8 Å². The van der Waals surface area contributed by atoms with Crippen LogP contribution in [0.4, 0.5) is 5.69 Å². The first kappa shape index (κ1) is 29.5. The first-order valence-electron chi connectivity index (χ1n) is 12.1. The minimum Gasteiger partial charge on any atom is -0.354 e. The molecular weight excluding hydrogens is 545 g/mol. The van der Waals surface area contributed by atoms with Crippen molar-refractivity contribution in [3.8, 4) is 0 Å². The minimum absolute atomic E-state index is 0.0148. The number of anilines is 1. The molecule has 0 fully saturated rings. The molecule has 3 rings (SSSR count). The highest BCUT2D eigenvalue weighted by atomic mass is 35.5. The molecule has 3 aromatic carbocycles. The lowest BCUT2D eigenvalue weighted by Crippen LogP contribution is -2.51. The molecule has 0 aliphatic heterocycles. The van der Waals surface area contributed by atoms with Gasteiger partial charge in [0.25, 0.3) is 10.0 Å². The highest BCUT2D eigenvalue weighted by Gasteiger charge is 2.32. The van der Waals surface area contributed by atoms with Crippen LogP contribution in [0.2, 0.25) is 10.0 Å². The molecule has 0 aliphatic rings. The number of hydrogen-bond acceptors (Lipinski definition) is 4. The second-order valence-electron chi connectivity index (χ2n) is 9.23. The summed E-state index contributed by atoms with van der Waals surface area (Å²) in [5.41, 5.74) is 0.899. The molecule has 0 saturated carbocycles. The van der Waals surface area contributed by atoms with Crippen molar-refractivity contribution in [1.82, 2.24) is 10.2 Å². The van der Waals surface area contributed by atoms with Gasteiger partial charge in [0, 0.05) is 23.1 Å². The summed E-state index contributed by atoms with van der Waals surface area (Å²) in [6, 6.07) is 20.3. The zero-order valence-electron chi connectivity index (χ0n) is 21.5. The van der Waals surface area contributed by atoms with Crippen molar-refractivity contribution >= 4 is 50.7 Å². The van der Waals surface area contributed by atoms with Gasteiger partial charge in [-0.15, -0.1) is 0 Å². The minimum atomic E-state index is -4.09. The Kier molecular flexibility index (Phi) is 10.2. The third-order valence-corrected chi connectivity index (χ3v) is 8.24. The van der Waals surface area contributed by atoms with Gasteiger partial charge in [-0.05, 0) is 54.8 Å². The number of hydrogen-bond donors (Lipinski definition) is 1.